The predicted octanol–water partition coefficient (Wildman–Crippen LogP) is 5.46. The second kappa shape index (κ2) is 7.08. The maximum absolute atomic E-state index is 4.67. The monoisotopic (exact) mass is 253 g/mol. The molecule has 0 aliphatic carbocycles. The van der Waals surface area contributed by atoms with E-state index in [1.807, 2.05) is 6.07 Å². The normalized spacial score (nSPS) is 13.2. The van der Waals surface area contributed by atoms with E-state index in [1.54, 1.807) is 0 Å². The van der Waals surface area contributed by atoms with Crippen LogP contribution in [0.15, 0.2) is 42.5 Å². The van der Waals surface area contributed by atoms with Crippen LogP contribution in [0, 0.1) is 5.92 Å². The number of unbranched alkanes of at least 4 members (excludes halogenated alkanes) is 1. The summed E-state index contributed by atoms with van der Waals surface area (Å²) < 4.78 is 0. The summed E-state index contributed by atoms with van der Waals surface area (Å²) in [4.78, 5) is 4.67. The molecule has 0 aliphatic rings. The zero-order chi connectivity index (χ0) is 13.5. The van der Waals surface area contributed by atoms with Crippen molar-refractivity contribution >= 4 is 17.0 Å². The summed E-state index contributed by atoms with van der Waals surface area (Å²) in [6.45, 7) is 4.51. The number of rotatable bonds is 6. The molecule has 2 rings (SSSR count). The summed E-state index contributed by atoms with van der Waals surface area (Å²) in [5.74, 6) is 0.688. The molecule has 0 fully saturated rings. The average Bonchev–Trinajstić information content (AvgIpc) is 2.47. The Hall–Kier alpha value is -1.63. The molecular formula is C18H23N. The number of fused-ring (bicyclic) bond motifs is 1. The minimum atomic E-state index is 0.688. The van der Waals surface area contributed by atoms with Gasteiger partial charge in [-0.3, -0.25) is 0 Å². The third kappa shape index (κ3) is 3.92. The Bertz CT molecular complexity index is 542. The van der Waals surface area contributed by atoms with E-state index in [-0.39, 0.29) is 0 Å². The van der Waals surface area contributed by atoms with Crippen LogP contribution in [0.1, 0.15) is 45.2 Å². The van der Waals surface area contributed by atoms with E-state index in [0.717, 1.165) is 11.2 Å². The van der Waals surface area contributed by atoms with Gasteiger partial charge in [-0.2, -0.15) is 0 Å². The van der Waals surface area contributed by atoms with Gasteiger partial charge in [0.15, 0.2) is 0 Å². The third-order valence-electron chi connectivity index (χ3n) is 3.61. The summed E-state index contributed by atoms with van der Waals surface area (Å²) in [6.07, 6.45) is 9.59. The van der Waals surface area contributed by atoms with Crippen molar-refractivity contribution in [3.05, 3.63) is 48.2 Å². The van der Waals surface area contributed by atoms with Crippen LogP contribution in [0.3, 0.4) is 0 Å². The highest BCUT2D eigenvalue weighted by Gasteiger charge is 2.01. The van der Waals surface area contributed by atoms with E-state index in [4.69, 9.17) is 0 Å². The fourth-order valence-corrected chi connectivity index (χ4v) is 2.31. The van der Waals surface area contributed by atoms with Gasteiger partial charge in [0.2, 0.25) is 0 Å². The molecule has 0 bridgehead atoms. The Labute approximate surface area is 116 Å². The van der Waals surface area contributed by atoms with E-state index in [9.17, 15) is 0 Å². The van der Waals surface area contributed by atoms with Crippen LogP contribution >= 0.6 is 0 Å². The summed E-state index contributed by atoms with van der Waals surface area (Å²) >= 11 is 0. The van der Waals surface area contributed by atoms with Gasteiger partial charge in [-0.1, -0.05) is 57.0 Å². The van der Waals surface area contributed by atoms with E-state index < -0.39 is 0 Å². The van der Waals surface area contributed by atoms with Crippen molar-refractivity contribution in [3.63, 3.8) is 0 Å². The molecular weight excluding hydrogens is 230 g/mol. The number of nitrogens with zero attached hydrogens (tertiary/aromatic N) is 1. The minimum absolute atomic E-state index is 0.688. The number of pyridine rings is 1. The van der Waals surface area contributed by atoms with Crippen molar-refractivity contribution in [1.29, 1.82) is 0 Å². The largest absolute Gasteiger partial charge is 0.248 e. The Morgan fingerprint density at radius 1 is 1.11 bits per heavy atom. The van der Waals surface area contributed by atoms with Crippen molar-refractivity contribution in [2.45, 2.75) is 39.5 Å². The molecule has 0 aliphatic heterocycles. The van der Waals surface area contributed by atoms with E-state index >= 15 is 0 Å². The van der Waals surface area contributed by atoms with Gasteiger partial charge in [0.1, 0.15) is 0 Å². The topological polar surface area (TPSA) is 12.9 Å². The molecule has 0 saturated heterocycles. The van der Waals surface area contributed by atoms with Crippen molar-refractivity contribution < 1.29 is 0 Å². The molecule has 19 heavy (non-hydrogen) atoms. The Kier molecular flexibility index (Phi) is 5.14. The maximum Gasteiger partial charge on any atom is 0.0709 e. The van der Waals surface area contributed by atoms with Crippen molar-refractivity contribution in [2.75, 3.05) is 0 Å². The zero-order valence-corrected chi connectivity index (χ0v) is 12.0. The highest BCUT2D eigenvalue weighted by atomic mass is 14.7. The zero-order valence-electron chi connectivity index (χ0n) is 12.0. The number of para-hydroxylation sites is 1. The van der Waals surface area contributed by atoms with Crippen molar-refractivity contribution in [3.8, 4) is 0 Å². The highest BCUT2D eigenvalue weighted by Crippen LogP contribution is 2.17. The Balaban J connectivity index is 2.11. The highest BCUT2D eigenvalue weighted by molar-refractivity contribution is 5.79. The lowest BCUT2D eigenvalue weighted by molar-refractivity contribution is 0.542. The lowest BCUT2D eigenvalue weighted by Crippen LogP contribution is -1.94. The van der Waals surface area contributed by atoms with Gasteiger partial charge in [0, 0.05) is 5.39 Å². The molecule has 1 heterocycles. The van der Waals surface area contributed by atoms with E-state index in [0.29, 0.717) is 5.92 Å². The Morgan fingerprint density at radius 2 is 1.95 bits per heavy atom. The van der Waals surface area contributed by atoms with Gasteiger partial charge in [-0.05, 0) is 37.0 Å². The number of hydrogen-bond donors (Lipinski definition) is 0. The van der Waals surface area contributed by atoms with Crippen LogP contribution in [0.4, 0.5) is 0 Å². The van der Waals surface area contributed by atoms with Gasteiger partial charge >= 0.3 is 0 Å². The first-order valence-corrected chi connectivity index (χ1v) is 7.37. The lowest BCUT2D eigenvalue weighted by Gasteiger charge is -2.08. The molecule has 1 aromatic heterocycles. The van der Waals surface area contributed by atoms with Gasteiger partial charge in [-0.15, -0.1) is 0 Å². The number of benzene rings is 1. The van der Waals surface area contributed by atoms with E-state index in [2.05, 4.69) is 61.3 Å². The minimum Gasteiger partial charge on any atom is -0.248 e. The van der Waals surface area contributed by atoms with Gasteiger partial charge in [0.25, 0.3) is 0 Å². The number of hydrogen-bond acceptors (Lipinski definition) is 1. The molecule has 1 heteroatoms. The lowest BCUT2D eigenvalue weighted by atomic mass is 9.98. The van der Waals surface area contributed by atoms with Crippen LogP contribution < -0.4 is 0 Å². The second-order valence-electron chi connectivity index (χ2n) is 5.10. The van der Waals surface area contributed by atoms with Crippen LogP contribution in [0.2, 0.25) is 0 Å². The Morgan fingerprint density at radius 3 is 2.74 bits per heavy atom. The summed E-state index contributed by atoms with van der Waals surface area (Å²) in [5, 5.41) is 1.21. The molecule has 0 saturated carbocycles. The quantitative estimate of drug-likeness (QED) is 0.665. The standard InChI is InChI=1S/C18H23N/c1-3-5-8-15(4-2)11-13-17-14-12-16-9-6-7-10-18(16)19-17/h6-7,9-15H,3-5,8H2,1-2H3. The average molecular weight is 253 g/mol. The first kappa shape index (κ1) is 13.8. The SMILES string of the molecule is CCCCC(C=Cc1ccc2ccccc2n1)CC. The van der Waals surface area contributed by atoms with Gasteiger partial charge in [0.05, 0.1) is 11.2 Å². The molecule has 100 valence electrons. The maximum atomic E-state index is 4.67. The number of aromatic nitrogens is 1. The molecule has 0 amide bonds. The molecule has 1 unspecified atom stereocenters. The molecule has 0 spiro atoms. The van der Waals surface area contributed by atoms with Gasteiger partial charge in [-0.25, -0.2) is 4.98 Å². The predicted molar refractivity (Wildman–Crippen MR) is 84.1 cm³/mol. The third-order valence-corrected chi connectivity index (χ3v) is 3.61. The van der Waals surface area contributed by atoms with E-state index in [1.165, 1.54) is 31.1 Å². The van der Waals surface area contributed by atoms with Crippen LogP contribution in [-0.4, -0.2) is 4.98 Å². The molecule has 2 aromatic rings. The summed E-state index contributed by atoms with van der Waals surface area (Å²) in [7, 11) is 0. The fraction of sp³-hybridized carbons (Fsp3) is 0.389. The van der Waals surface area contributed by atoms with Crippen LogP contribution in [0.5, 0.6) is 0 Å². The summed E-state index contributed by atoms with van der Waals surface area (Å²) in [5.41, 5.74) is 2.14. The summed E-state index contributed by atoms with van der Waals surface area (Å²) in [6, 6.07) is 12.5. The molecule has 1 atom stereocenters. The van der Waals surface area contributed by atoms with Crippen LogP contribution in [0.25, 0.3) is 17.0 Å². The molecule has 0 radical (unpaired) electrons. The first-order chi connectivity index (χ1) is 9.33. The first-order valence-electron chi connectivity index (χ1n) is 7.37. The molecule has 1 aromatic carbocycles. The van der Waals surface area contributed by atoms with Gasteiger partial charge < -0.3 is 0 Å². The van der Waals surface area contributed by atoms with Crippen molar-refractivity contribution in [2.24, 2.45) is 5.92 Å². The fourth-order valence-electron chi connectivity index (χ4n) is 2.31. The molecule has 1 nitrogen and oxygen atoms in total. The van der Waals surface area contributed by atoms with Crippen LogP contribution in [-0.2, 0) is 0 Å². The smallest absolute Gasteiger partial charge is 0.0709 e. The van der Waals surface area contributed by atoms with Crippen molar-refractivity contribution in [1.82, 2.24) is 4.98 Å². The second-order valence-corrected chi connectivity index (χ2v) is 5.10. The number of allylic oxidation sites excluding steroid dienone is 1. The molecule has 0 N–H and O–H groups in total.